The van der Waals surface area contributed by atoms with Gasteiger partial charge in [-0.05, 0) is 56.0 Å². The van der Waals surface area contributed by atoms with Crippen LogP contribution in [0, 0.1) is 23.2 Å². The fraction of sp³-hybridized carbons (Fsp3) is 0.500. The topological polar surface area (TPSA) is 64.9 Å². The lowest BCUT2D eigenvalue weighted by Crippen LogP contribution is -2.34. The van der Waals surface area contributed by atoms with Crippen LogP contribution in [-0.2, 0) is 4.79 Å². The van der Waals surface area contributed by atoms with Gasteiger partial charge in [0.1, 0.15) is 0 Å². The van der Waals surface area contributed by atoms with Crippen molar-refractivity contribution in [3.05, 3.63) is 28.8 Å². The van der Waals surface area contributed by atoms with E-state index in [2.05, 4.69) is 17.6 Å². The number of halogens is 1. The van der Waals surface area contributed by atoms with E-state index >= 15 is 0 Å². The molecule has 0 aromatic heterocycles. The minimum absolute atomic E-state index is 0.0281. The van der Waals surface area contributed by atoms with Crippen LogP contribution in [0.15, 0.2) is 18.2 Å². The van der Waals surface area contributed by atoms with Crippen molar-refractivity contribution in [3.63, 3.8) is 0 Å². The van der Waals surface area contributed by atoms with E-state index < -0.39 is 0 Å². The van der Waals surface area contributed by atoms with Crippen molar-refractivity contribution in [1.82, 2.24) is 5.32 Å². The lowest BCUT2D eigenvalue weighted by molar-refractivity contribution is -0.117. The summed E-state index contributed by atoms with van der Waals surface area (Å²) >= 11 is 6.06. The van der Waals surface area contributed by atoms with E-state index in [0.29, 0.717) is 34.5 Å². The molecule has 0 bridgehead atoms. The van der Waals surface area contributed by atoms with Crippen molar-refractivity contribution >= 4 is 23.2 Å². The third-order valence-electron chi connectivity index (χ3n) is 4.02. The van der Waals surface area contributed by atoms with Crippen LogP contribution in [0.25, 0.3) is 0 Å². The van der Waals surface area contributed by atoms with E-state index in [0.717, 1.165) is 13.1 Å². The molecule has 2 atom stereocenters. The fourth-order valence-electron chi connectivity index (χ4n) is 2.71. The summed E-state index contributed by atoms with van der Waals surface area (Å²) in [6, 6.07) is 6.90. The Balaban J connectivity index is 1.90. The number of hydrogen-bond acceptors (Lipinski definition) is 3. The molecule has 1 fully saturated rings. The summed E-state index contributed by atoms with van der Waals surface area (Å²) in [5.41, 5.74) is 1.05. The molecule has 4 nitrogen and oxygen atoms in total. The first-order valence-corrected chi connectivity index (χ1v) is 7.68. The summed E-state index contributed by atoms with van der Waals surface area (Å²) in [6.45, 7) is 4.19. The SMILES string of the molecule is CC(CC(=O)Nc1ccc(C#N)cc1Cl)C1CCCNC1. The molecule has 5 heteroatoms. The molecule has 1 aromatic rings. The Bertz CT molecular complexity index is 547. The zero-order valence-corrected chi connectivity index (χ0v) is 12.9. The Morgan fingerprint density at radius 3 is 3.05 bits per heavy atom. The van der Waals surface area contributed by atoms with E-state index in [1.807, 2.05) is 6.07 Å². The number of carbonyl (C=O) groups excluding carboxylic acids is 1. The number of amides is 1. The average Bonchev–Trinajstić information content (AvgIpc) is 2.50. The third-order valence-corrected chi connectivity index (χ3v) is 4.33. The molecule has 1 aliphatic rings. The highest BCUT2D eigenvalue weighted by molar-refractivity contribution is 6.33. The molecule has 0 radical (unpaired) electrons. The number of nitrogens with zero attached hydrogens (tertiary/aromatic N) is 1. The molecule has 0 saturated carbocycles. The first-order chi connectivity index (χ1) is 10.1. The van der Waals surface area contributed by atoms with E-state index in [1.54, 1.807) is 18.2 Å². The van der Waals surface area contributed by atoms with Gasteiger partial charge in [0.25, 0.3) is 0 Å². The van der Waals surface area contributed by atoms with Crippen molar-refractivity contribution in [1.29, 1.82) is 5.26 Å². The normalized spacial score (nSPS) is 19.6. The summed E-state index contributed by atoms with van der Waals surface area (Å²) < 4.78 is 0. The van der Waals surface area contributed by atoms with Crippen molar-refractivity contribution in [2.75, 3.05) is 18.4 Å². The number of hydrogen-bond donors (Lipinski definition) is 2. The van der Waals surface area contributed by atoms with Crippen LogP contribution in [0.5, 0.6) is 0 Å². The van der Waals surface area contributed by atoms with Crippen LogP contribution in [0.2, 0.25) is 5.02 Å². The van der Waals surface area contributed by atoms with Gasteiger partial charge in [0.05, 0.1) is 22.3 Å². The van der Waals surface area contributed by atoms with E-state index in [9.17, 15) is 4.79 Å². The number of carbonyl (C=O) groups is 1. The van der Waals surface area contributed by atoms with E-state index in [4.69, 9.17) is 16.9 Å². The van der Waals surface area contributed by atoms with Gasteiger partial charge in [-0.2, -0.15) is 5.26 Å². The van der Waals surface area contributed by atoms with Gasteiger partial charge in [-0.3, -0.25) is 4.79 Å². The molecule has 2 N–H and O–H groups in total. The summed E-state index contributed by atoms with van der Waals surface area (Å²) in [5.74, 6) is 0.871. The van der Waals surface area contributed by atoms with Gasteiger partial charge in [0, 0.05) is 6.42 Å². The monoisotopic (exact) mass is 305 g/mol. The van der Waals surface area contributed by atoms with Crippen molar-refractivity contribution in [2.45, 2.75) is 26.2 Å². The quantitative estimate of drug-likeness (QED) is 0.898. The Morgan fingerprint density at radius 2 is 2.43 bits per heavy atom. The van der Waals surface area contributed by atoms with Gasteiger partial charge in [0.2, 0.25) is 5.91 Å². The summed E-state index contributed by atoms with van der Waals surface area (Å²) in [4.78, 5) is 12.1. The van der Waals surface area contributed by atoms with Gasteiger partial charge >= 0.3 is 0 Å². The maximum atomic E-state index is 12.1. The average molecular weight is 306 g/mol. The molecule has 1 heterocycles. The van der Waals surface area contributed by atoms with Crippen LogP contribution in [0.1, 0.15) is 31.7 Å². The van der Waals surface area contributed by atoms with Gasteiger partial charge in [0.15, 0.2) is 0 Å². The van der Waals surface area contributed by atoms with Gasteiger partial charge < -0.3 is 10.6 Å². The molecular formula is C16H20ClN3O. The van der Waals surface area contributed by atoms with Crippen LogP contribution < -0.4 is 10.6 Å². The fourth-order valence-corrected chi connectivity index (χ4v) is 2.94. The number of benzene rings is 1. The highest BCUT2D eigenvalue weighted by Crippen LogP contribution is 2.25. The number of rotatable bonds is 4. The second-order valence-electron chi connectivity index (χ2n) is 5.64. The van der Waals surface area contributed by atoms with Gasteiger partial charge in [-0.25, -0.2) is 0 Å². The molecular weight excluding hydrogens is 286 g/mol. The van der Waals surface area contributed by atoms with Crippen LogP contribution in [0.3, 0.4) is 0 Å². The Labute approximate surface area is 130 Å². The molecule has 112 valence electrons. The minimum atomic E-state index is -0.0281. The summed E-state index contributed by atoms with van der Waals surface area (Å²) in [7, 11) is 0. The Hall–Kier alpha value is -1.57. The van der Waals surface area contributed by atoms with Crippen molar-refractivity contribution in [3.8, 4) is 6.07 Å². The van der Waals surface area contributed by atoms with E-state index in [-0.39, 0.29) is 5.91 Å². The standard InChI is InChI=1S/C16H20ClN3O/c1-11(13-3-2-6-19-10-13)7-16(21)20-15-5-4-12(9-18)8-14(15)17/h4-5,8,11,13,19H,2-3,6-7,10H2,1H3,(H,20,21). The van der Waals surface area contributed by atoms with Gasteiger partial charge in [-0.15, -0.1) is 0 Å². The molecule has 2 rings (SSSR count). The third kappa shape index (κ3) is 4.45. The molecule has 1 aromatic carbocycles. The van der Waals surface area contributed by atoms with Crippen molar-refractivity contribution < 1.29 is 4.79 Å². The molecule has 0 aliphatic carbocycles. The molecule has 21 heavy (non-hydrogen) atoms. The van der Waals surface area contributed by atoms with Crippen LogP contribution in [0.4, 0.5) is 5.69 Å². The Morgan fingerprint density at radius 1 is 1.62 bits per heavy atom. The predicted octanol–water partition coefficient (Wildman–Crippen LogP) is 3.18. The van der Waals surface area contributed by atoms with Crippen molar-refractivity contribution in [2.24, 2.45) is 11.8 Å². The van der Waals surface area contributed by atoms with Crippen LogP contribution >= 0.6 is 11.6 Å². The molecule has 1 aliphatic heterocycles. The zero-order valence-electron chi connectivity index (χ0n) is 12.2. The second kappa shape index (κ2) is 7.44. The second-order valence-corrected chi connectivity index (χ2v) is 6.05. The van der Waals surface area contributed by atoms with E-state index in [1.165, 1.54) is 12.8 Å². The number of anilines is 1. The Kier molecular flexibility index (Phi) is 5.60. The number of nitrogens with one attached hydrogen (secondary N) is 2. The number of nitriles is 1. The zero-order chi connectivity index (χ0) is 15.2. The molecule has 1 amide bonds. The minimum Gasteiger partial charge on any atom is -0.325 e. The first kappa shape index (κ1) is 15.8. The molecule has 1 saturated heterocycles. The van der Waals surface area contributed by atoms with Gasteiger partial charge in [-0.1, -0.05) is 18.5 Å². The smallest absolute Gasteiger partial charge is 0.224 e. The van der Waals surface area contributed by atoms with Crippen LogP contribution in [-0.4, -0.2) is 19.0 Å². The first-order valence-electron chi connectivity index (χ1n) is 7.30. The number of piperidine rings is 1. The summed E-state index contributed by atoms with van der Waals surface area (Å²) in [5, 5.41) is 15.4. The highest BCUT2D eigenvalue weighted by Gasteiger charge is 2.22. The maximum absolute atomic E-state index is 12.1. The highest BCUT2D eigenvalue weighted by atomic mass is 35.5. The lowest BCUT2D eigenvalue weighted by atomic mass is 9.85. The summed E-state index contributed by atoms with van der Waals surface area (Å²) in [6.07, 6.45) is 2.85. The maximum Gasteiger partial charge on any atom is 0.224 e. The lowest BCUT2D eigenvalue weighted by Gasteiger charge is -2.28. The molecule has 0 spiro atoms. The predicted molar refractivity (Wildman–Crippen MR) is 84.2 cm³/mol. The largest absolute Gasteiger partial charge is 0.325 e. The molecule has 2 unspecified atom stereocenters.